The lowest BCUT2D eigenvalue weighted by Gasteiger charge is -2.09. The summed E-state index contributed by atoms with van der Waals surface area (Å²) in [5.74, 6) is 0.446. The van der Waals surface area contributed by atoms with Crippen molar-refractivity contribution < 1.29 is 17.9 Å². The number of ketones is 1. The number of aromatic nitrogens is 4. The summed E-state index contributed by atoms with van der Waals surface area (Å²) in [4.78, 5) is 30.1. The van der Waals surface area contributed by atoms with Crippen LogP contribution in [0.2, 0.25) is 5.02 Å². The van der Waals surface area contributed by atoms with Crippen molar-refractivity contribution >= 4 is 49.2 Å². The fourth-order valence-electron chi connectivity index (χ4n) is 4.43. The molecule has 0 unspecified atom stereocenters. The topological polar surface area (TPSA) is 116 Å². The minimum atomic E-state index is -4.06. The molecule has 0 radical (unpaired) electrons. The Morgan fingerprint density at radius 2 is 1.74 bits per heavy atom. The lowest BCUT2D eigenvalue weighted by molar-refractivity contribution is 0.0970. The van der Waals surface area contributed by atoms with Gasteiger partial charge in [0.2, 0.25) is 0 Å². The molecule has 0 saturated carbocycles. The summed E-state index contributed by atoms with van der Waals surface area (Å²) in [6.45, 7) is -0.223. The van der Waals surface area contributed by atoms with E-state index in [1.165, 1.54) is 35.3 Å². The molecule has 9 nitrogen and oxygen atoms in total. The second-order valence-electron chi connectivity index (χ2n) is 8.74. The molecule has 0 fully saturated rings. The number of nitrogens with zero attached hydrogens (tertiary/aromatic N) is 3. The Morgan fingerprint density at radius 3 is 2.51 bits per heavy atom. The lowest BCUT2D eigenvalue weighted by Crippen LogP contribution is -2.14. The smallest absolute Gasteiger partial charge is 0.272 e. The van der Waals surface area contributed by atoms with Crippen LogP contribution in [0.5, 0.6) is 11.5 Å². The number of hydrogen-bond acceptors (Lipinski definition) is 6. The first-order valence-electron chi connectivity index (χ1n) is 11.8. The maximum atomic E-state index is 13.7. The van der Waals surface area contributed by atoms with Crippen LogP contribution in [0, 0.1) is 0 Å². The van der Waals surface area contributed by atoms with Crippen LogP contribution < -0.4 is 10.3 Å². The monoisotopic (exact) mass is 558 g/mol. The Kier molecular flexibility index (Phi) is 6.05. The van der Waals surface area contributed by atoms with Crippen LogP contribution in [0.4, 0.5) is 0 Å². The molecular weight excluding hydrogens is 540 g/mol. The third-order valence-corrected chi connectivity index (χ3v) is 8.17. The van der Waals surface area contributed by atoms with E-state index in [1.54, 1.807) is 66.9 Å². The molecule has 194 valence electrons. The summed E-state index contributed by atoms with van der Waals surface area (Å²) >= 11 is 6.02. The van der Waals surface area contributed by atoms with Crippen molar-refractivity contribution in [2.45, 2.75) is 11.4 Å². The fourth-order valence-corrected chi connectivity index (χ4v) is 5.99. The van der Waals surface area contributed by atoms with Gasteiger partial charge in [0.15, 0.2) is 5.78 Å². The average molecular weight is 559 g/mol. The molecule has 1 N–H and O–H groups in total. The van der Waals surface area contributed by atoms with Crippen LogP contribution in [0.15, 0.2) is 107 Å². The number of hydrogen-bond donors (Lipinski definition) is 1. The highest BCUT2D eigenvalue weighted by Crippen LogP contribution is 2.32. The molecule has 0 aliphatic rings. The molecule has 6 rings (SSSR count). The highest BCUT2D eigenvalue weighted by atomic mass is 35.5. The van der Waals surface area contributed by atoms with E-state index in [0.29, 0.717) is 32.8 Å². The van der Waals surface area contributed by atoms with E-state index in [2.05, 4.69) is 10.1 Å². The normalized spacial score (nSPS) is 11.7. The number of pyridine rings is 1. The molecule has 0 amide bonds. The zero-order chi connectivity index (χ0) is 27.1. The predicted molar refractivity (Wildman–Crippen MR) is 147 cm³/mol. The first-order valence-corrected chi connectivity index (χ1v) is 13.6. The molecule has 39 heavy (non-hydrogen) atoms. The molecular formula is C28H19ClN4O5S. The van der Waals surface area contributed by atoms with Crippen LogP contribution in [0.1, 0.15) is 10.4 Å². The summed E-state index contributed by atoms with van der Waals surface area (Å²) in [6, 6.07) is 21.0. The molecule has 0 saturated heterocycles. The van der Waals surface area contributed by atoms with Gasteiger partial charge in [0.05, 0.1) is 27.5 Å². The largest absolute Gasteiger partial charge is 0.456 e. The van der Waals surface area contributed by atoms with Gasteiger partial charge in [-0.2, -0.15) is 0 Å². The predicted octanol–water partition coefficient (Wildman–Crippen LogP) is 5.24. The average Bonchev–Trinajstić information content (AvgIpc) is 3.47. The Hall–Kier alpha value is -4.67. The molecule has 0 atom stereocenters. The van der Waals surface area contributed by atoms with Crippen molar-refractivity contribution in [3.63, 3.8) is 0 Å². The van der Waals surface area contributed by atoms with Gasteiger partial charge in [0, 0.05) is 34.4 Å². The van der Waals surface area contributed by atoms with Crippen LogP contribution in [-0.4, -0.2) is 32.9 Å². The first kappa shape index (κ1) is 24.7. The second kappa shape index (κ2) is 9.57. The number of fused-ring (bicyclic) bond motifs is 2. The third-order valence-electron chi connectivity index (χ3n) is 6.25. The van der Waals surface area contributed by atoms with Gasteiger partial charge in [-0.1, -0.05) is 29.8 Å². The van der Waals surface area contributed by atoms with Gasteiger partial charge in [-0.25, -0.2) is 12.4 Å². The van der Waals surface area contributed by atoms with Gasteiger partial charge in [0.1, 0.15) is 18.0 Å². The molecule has 0 bridgehead atoms. The van der Waals surface area contributed by atoms with E-state index in [9.17, 15) is 18.0 Å². The van der Waals surface area contributed by atoms with Gasteiger partial charge in [-0.05, 0) is 54.6 Å². The van der Waals surface area contributed by atoms with Crippen molar-refractivity contribution in [2.24, 2.45) is 0 Å². The van der Waals surface area contributed by atoms with E-state index >= 15 is 0 Å². The molecule has 0 aliphatic carbocycles. The van der Waals surface area contributed by atoms with Gasteiger partial charge in [-0.15, -0.1) is 0 Å². The third kappa shape index (κ3) is 4.49. The number of rotatable bonds is 7. The quantitative estimate of drug-likeness (QED) is 0.268. The van der Waals surface area contributed by atoms with Crippen molar-refractivity contribution in [1.82, 2.24) is 18.7 Å². The lowest BCUT2D eigenvalue weighted by atomic mass is 10.1. The summed E-state index contributed by atoms with van der Waals surface area (Å²) < 4.78 is 35.7. The molecule has 0 aliphatic heterocycles. The maximum absolute atomic E-state index is 13.7. The number of halogens is 1. The summed E-state index contributed by atoms with van der Waals surface area (Å²) in [5.41, 5.74) is 0.562. The minimum absolute atomic E-state index is 0.0668. The number of benzene rings is 3. The summed E-state index contributed by atoms with van der Waals surface area (Å²) in [7, 11) is -4.06. The van der Waals surface area contributed by atoms with Crippen molar-refractivity contribution in [3.8, 4) is 11.5 Å². The Bertz CT molecular complexity index is 2030. The second-order valence-corrected chi connectivity index (χ2v) is 11.0. The molecule has 3 heterocycles. The van der Waals surface area contributed by atoms with Gasteiger partial charge >= 0.3 is 0 Å². The van der Waals surface area contributed by atoms with Gasteiger partial charge < -0.3 is 4.74 Å². The molecule has 6 aromatic rings. The zero-order valence-electron chi connectivity index (χ0n) is 20.1. The number of ether oxygens (including phenoxy) is 1. The Balaban J connectivity index is 1.47. The molecule has 3 aromatic heterocycles. The van der Waals surface area contributed by atoms with E-state index < -0.39 is 15.8 Å². The van der Waals surface area contributed by atoms with Crippen molar-refractivity contribution in [3.05, 3.63) is 118 Å². The van der Waals surface area contributed by atoms with Crippen LogP contribution >= 0.6 is 11.6 Å². The van der Waals surface area contributed by atoms with E-state index in [1.807, 2.05) is 0 Å². The number of carbonyl (C=O) groups excluding carboxylic acids is 1. The number of aromatic amines is 1. The Labute approximate surface area is 226 Å². The van der Waals surface area contributed by atoms with E-state index in [-0.39, 0.29) is 28.1 Å². The summed E-state index contributed by atoms with van der Waals surface area (Å²) in [6.07, 6.45) is 4.46. The zero-order valence-corrected chi connectivity index (χ0v) is 21.7. The Morgan fingerprint density at radius 1 is 0.923 bits per heavy atom. The fraction of sp³-hybridized carbons (Fsp3) is 0.0357. The number of carbonyl (C=O) groups is 1. The van der Waals surface area contributed by atoms with Crippen LogP contribution in [-0.2, 0) is 16.6 Å². The van der Waals surface area contributed by atoms with Crippen LogP contribution in [0.25, 0.3) is 21.8 Å². The molecule has 0 spiro atoms. The standard InChI is InChI=1S/C28H19ClN4O5S/c29-18-8-11-25-23(13-18)28(35)31-32(25)17-27(34)24-16-33(39(36,37)21-6-2-1-3-7-21)26-14-19(9-10-22(24)26)38-20-5-4-12-30-15-20/h1-16H,17H2,(H,31,35). The number of H-pyrrole nitrogens is 1. The SMILES string of the molecule is O=C(Cn1[nH]c(=O)c2cc(Cl)ccc21)c1cn(S(=O)(=O)c2ccccc2)c2cc(Oc3cccnc3)ccc12. The number of Topliss-reactive ketones (excluding diaryl/α,β-unsaturated/α-hetero) is 1. The van der Waals surface area contributed by atoms with Crippen molar-refractivity contribution in [2.75, 3.05) is 0 Å². The maximum Gasteiger partial charge on any atom is 0.272 e. The van der Waals surface area contributed by atoms with Gasteiger partial charge in [0.25, 0.3) is 15.6 Å². The molecule has 3 aromatic carbocycles. The first-order chi connectivity index (χ1) is 18.8. The number of nitrogens with one attached hydrogen (secondary N) is 1. The van der Waals surface area contributed by atoms with Crippen molar-refractivity contribution in [1.29, 1.82) is 0 Å². The highest BCUT2D eigenvalue weighted by Gasteiger charge is 2.25. The highest BCUT2D eigenvalue weighted by molar-refractivity contribution is 7.90. The van der Waals surface area contributed by atoms with Gasteiger partial charge in [-0.3, -0.25) is 24.4 Å². The van der Waals surface area contributed by atoms with E-state index in [0.717, 1.165) is 3.97 Å². The minimum Gasteiger partial charge on any atom is -0.456 e. The summed E-state index contributed by atoms with van der Waals surface area (Å²) in [5, 5.41) is 3.82. The molecule has 11 heteroatoms. The van der Waals surface area contributed by atoms with E-state index in [4.69, 9.17) is 16.3 Å². The van der Waals surface area contributed by atoms with Crippen LogP contribution in [0.3, 0.4) is 0 Å².